The van der Waals surface area contributed by atoms with Crippen LogP contribution in [-0.2, 0) is 10.3 Å². The highest BCUT2D eigenvalue weighted by Gasteiger charge is 2.49. The fraction of sp³-hybridized carbons (Fsp3) is 0.324. The van der Waals surface area contributed by atoms with Gasteiger partial charge in [-0.2, -0.15) is 0 Å². The number of pyridine rings is 1. The number of rotatable bonds is 10. The van der Waals surface area contributed by atoms with E-state index in [1.165, 1.54) is 12.1 Å². The minimum atomic E-state index is -1.21. The largest absolute Gasteiger partial charge is 0.490 e. The van der Waals surface area contributed by atoms with E-state index in [1.54, 1.807) is 0 Å². The highest BCUT2D eigenvalue weighted by molar-refractivity contribution is 6.11. The van der Waals surface area contributed by atoms with Crippen LogP contribution in [0.15, 0.2) is 83.7 Å². The molecule has 2 aliphatic rings. The number of carbonyl (C=O) groups excluding carboxylic acids is 1. The van der Waals surface area contributed by atoms with Gasteiger partial charge in [0.2, 0.25) is 0 Å². The van der Waals surface area contributed by atoms with Crippen LogP contribution in [0.25, 0.3) is 5.69 Å². The van der Waals surface area contributed by atoms with E-state index in [0.29, 0.717) is 30.3 Å². The van der Waals surface area contributed by atoms with Crippen LogP contribution in [0.1, 0.15) is 72.9 Å². The number of hydrogen-bond donors (Lipinski definition) is 3. The molecule has 8 nitrogen and oxygen atoms in total. The maximum absolute atomic E-state index is 15.5. The van der Waals surface area contributed by atoms with E-state index >= 15 is 8.78 Å². The summed E-state index contributed by atoms with van der Waals surface area (Å²) in [4.78, 5) is 38.7. The van der Waals surface area contributed by atoms with Gasteiger partial charge in [-0.15, -0.1) is 0 Å². The zero-order valence-corrected chi connectivity index (χ0v) is 26.1. The quantitative estimate of drug-likeness (QED) is 0.166. The number of ether oxygens (including phenoxy) is 1. The lowest BCUT2D eigenvalue weighted by atomic mass is 9.75. The zero-order valence-electron chi connectivity index (χ0n) is 26.1. The van der Waals surface area contributed by atoms with E-state index in [4.69, 9.17) is 10.5 Å². The van der Waals surface area contributed by atoms with Gasteiger partial charge < -0.3 is 15.6 Å². The van der Waals surface area contributed by atoms with Gasteiger partial charge in [0, 0.05) is 29.8 Å². The summed E-state index contributed by atoms with van der Waals surface area (Å²) in [5, 5.41) is 14.1. The minimum absolute atomic E-state index is 0.0425. The van der Waals surface area contributed by atoms with Crippen LogP contribution < -0.4 is 21.3 Å². The number of ketones is 1. The highest BCUT2D eigenvalue weighted by Crippen LogP contribution is 2.42. The predicted octanol–water partition coefficient (Wildman–Crippen LogP) is 6.52. The van der Waals surface area contributed by atoms with Crippen molar-refractivity contribution in [1.29, 1.82) is 0 Å². The standard InChI is InChI=1S/C37H36F3N3O5/c38-25-12-10-22(11-13-25)34(45)29-18-19-32(44)43(35(29)41)33-30(39)20-28(21-31(33)40)48-27-16-14-26(15-17-27)42-37(36(46)47,24-8-4-5-9-24)23-6-2-1-3-7-23/h1-3,6-7,10-13,18-21,24,26-27,42H,4-5,8-9,14-17,41H2,(H,46,47)/t26?,27?,37-/m1/s1. The summed E-state index contributed by atoms with van der Waals surface area (Å²) in [6.45, 7) is 0. The summed E-state index contributed by atoms with van der Waals surface area (Å²) in [5.74, 6) is -4.93. The van der Waals surface area contributed by atoms with Gasteiger partial charge in [0.05, 0.1) is 11.7 Å². The predicted molar refractivity (Wildman–Crippen MR) is 174 cm³/mol. The van der Waals surface area contributed by atoms with Gasteiger partial charge in [0.15, 0.2) is 17.4 Å². The number of benzene rings is 3. The molecule has 4 aromatic rings. The number of anilines is 1. The second-order valence-electron chi connectivity index (χ2n) is 12.6. The lowest BCUT2D eigenvalue weighted by Crippen LogP contribution is -2.58. The summed E-state index contributed by atoms with van der Waals surface area (Å²) in [6.07, 6.45) is 5.50. The van der Waals surface area contributed by atoms with Gasteiger partial charge in [-0.05, 0) is 80.3 Å². The van der Waals surface area contributed by atoms with Crippen molar-refractivity contribution in [2.24, 2.45) is 5.92 Å². The molecule has 1 heterocycles. The van der Waals surface area contributed by atoms with Crippen molar-refractivity contribution in [2.75, 3.05) is 5.73 Å². The van der Waals surface area contributed by atoms with Crippen LogP contribution in [0.3, 0.4) is 0 Å². The molecule has 0 saturated heterocycles. The second-order valence-corrected chi connectivity index (χ2v) is 12.6. The second kappa shape index (κ2) is 13.7. The normalized spacial score (nSPS) is 19.5. The average molecular weight is 660 g/mol. The van der Waals surface area contributed by atoms with Gasteiger partial charge in [0.25, 0.3) is 5.56 Å². The summed E-state index contributed by atoms with van der Waals surface area (Å²) in [6, 6.07) is 17.9. The Morgan fingerprint density at radius 1 is 0.854 bits per heavy atom. The van der Waals surface area contributed by atoms with Crippen LogP contribution >= 0.6 is 0 Å². The number of nitrogens with zero attached hydrogens (tertiary/aromatic N) is 1. The molecule has 0 aliphatic heterocycles. The third kappa shape index (κ3) is 6.34. The molecule has 11 heteroatoms. The highest BCUT2D eigenvalue weighted by atomic mass is 19.1. The molecule has 0 unspecified atom stereocenters. The molecule has 4 N–H and O–H groups in total. The Kier molecular flexibility index (Phi) is 9.41. The number of carboxylic acid groups (broad SMARTS) is 1. The molecule has 1 aromatic heterocycles. The summed E-state index contributed by atoms with van der Waals surface area (Å²) in [5.41, 5.74) is 3.93. The monoisotopic (exact) mass is 659 g/mol. The van der Waals surface area contributed by atoms with Crippen LogP contribution in [0, 0.1) is 23.4 Å². The topological polar surface area (TPSA) is 124 Å². The average Bonchev–Trinajstić information content (AvgIpc) is 3.61. The maximum Gasteiger partial charge on any atom is 0.328 e. The third-order valence-electron chi connectivity index (χ3n) is 9.64. The van der Waals surface area contributed by atoms with E-state index in [-0.39, 0.29) is 34.9 Å². The van der Waals surface area contributed by atoms with Crippen molar-refractivity contribution in [1.82, 2.24) is 9.88 Å². The van der Waals surface area contributed by atoms with Gasteiger partial charge in [-0.25, -0.2) is 18.0 Å². The molecule has 2 saturated carbocycles. The molecule has 1 atom stereocenters. The molecular formula is C37H36F3N3O5. The molecule has 0 bridgehead atoms. The Labute approximate surface area is 275 Å². The first kappa shape index (κ1) is 33.0. The van der Waals surface area contributed by atoms with Crippen LogP contribution in [0.2, 0.25) is 0 Å². The number of carbonyl (C=O) groups is 2. The maximum atomic E-state index is 15.5. The van der Waals surface area contributed by atoms with Gasteiger partial charge >= 0.3 is 5.97 Å². The molecule has 2 fully saturated rings. The molecule has 6 rings (SSSR count). The van der Waals surface area contributed by atoms with E-state index in [0.717, 1.165) is 67.6 Å². The number of aromatic nitrogens is 1. The number of halogens is 3. The molecular weight excluding hydrogens is 623 g/mol. The number of nitrogens with two attached hydrogens (primary N) is 1. The number of hydrogen-bond acceptors (Lipinski definition) is 6. The third-order valence-corrected chi connectivity index (χ3v) is 9.64. The molecule has 2 aliphatic carbocycles. The van der Waals surface area contributed by atoms with Crippen molar-refractivity contribution >= 4 is 17.6 Å². The van der Waals surface area contributed by atoms with E-state index < -0.39 is 51.8 Å². The Balaban J connectivity index is 1.18. The molecule has 0 amide bonds. The summed E-state index contributed by atoms with van der Waals surface area (Å²) < 4.78 is 51.0. The summed E-state index contributed by atoms with van der Waals surface area (Å²) in [7, 11) is 0. The molecule has 3 aromatic carbocycles. The van der Waals surface area contributed by atoms with E-state index in [1.807, 2.05) is 30.3 Å². The number of nitrogens with one attached hydrogen (secondary N) is 1. The Morgan fingerprint density at radius 2 is 1.48 bits per heavy atom. The lowest BCUT2D eigenvalue weighted by Gasteiger charge is -2.41. The molecule has 250 valence electrons. The van der Waals surface area contributed by atoms with Crippen molar-refractivity contribution in [2.45, 2.75) is 69.1 Å². The first-order chi connectivity index (χ1) is 23.1. The molecule has 0 radical (unpaired) electrons. The van der Waals surface area contributed by atoms with E-state index in [2.05, 4.69) is 5.32 Å². The van der Waals surface area contributed by atoms with Crippen LogP contribution in [0.5, 0.6) is 5.75 Å². The van der Waals surface area contributed by atoms with Crippen molar-refractivity contribution in [3.05, 3.63) is 123 Å². The SMILES string of the molecule is Nc1c(C(=O)c2ccc(F)cc2)ccc(=O)n1-c1c(F)cc(OC2CCC(N[C@](C(=O)O)(c3ccccc3)C3CCCC3)CC2)cc1F. The number of aliphatic carboxylic acids is 1. The number of carboxylic acids is 1. The number of nitrogen functional groups attached to an aromatic ring is 1. The Hall–Kier alpha value is -4.90. The summed E-state index contributed by atoms with van der Waals surface area (Å²) >= 11 is 0. The Bertz CT molecular complexity index is 1840. The van der Waals surface area contributed by atoms with Crippen LogP contribution in [0.4, 0.5) is 19.0 Å². The Morgan fingerprint density at radius 3 is 2.08 bits per heavy atom. The van der Waals surface area contributed by atoms with Crippen molar-refractivity contribution in [3.63, 3.8) is 0 Å². The van der Waals surface area contributed by atoms with Crippen molar-refractivity contribution in [3.8, 4) is 11.4 Å². The van der Waals surface area contributed by atoms with Crippen LogP contribution in [-0.4, -0.2) is 33.6 Å². The van der Waals surface area contributed by atoms with Gasteiger partial charge in [-0.1, -0.05) is 43.2 Å². The first-order valence-corrected chi connectivity index (χ1v) is 16.1. The minimum Gasteiger partial charge on any atom is -0.490 e. The van der Waals surface area contributed by atoms with Gasteiger partial charge in [0.1, 0.15) is 28.6 Å². The smallest absolute Gasteiger partial charge is 0.328 e. The molecule has 48 heavy (non-hydrogen) atoms. The first-order valence-electron chi connectivity index (χ1n) is 16.1. The lowest BCUT2D eigenvalue weighted by molar-refractivity contribution is -0.149. The van der Waals surface area contributed by atoms with E-state index in [9.17, 15) is 23.9 Å². The fourth-order valence-corrected chi connectivity index (χ4v) is 7.25. The fourth-order valence-electron chi connectivity index (χ4n) is 7.25. The zero-order chi connectivity index (χ0) is 34.0. The van der Waals surface area contributed by atoms with Gasteiger partial charge in [-0.3, -0.25) is 19.5 Å². The molecule has 0 spiro atoms. The van der Waals surface area contributed by atoms with Crippen molar-refractivity contribution < 1.29 is 32.6 Å².